The molecule has 1 heterocycles. The Hall–Kier alpha value is -2.89. The van der Waals surface area contributed by atoms with E-state index in [4.69, 9.17) is 37.4 Å². The quantitative estimate of drug-likeness (QED) is 0.247. The molecule has 0 saturated heterocycles. The van der Waals surface area contributed by atoms with Crippen LogP contribution in [-0.2, 0) is 11.2 Å². The fourth-order valence-electron chi connectivity index (χ4n) is 4.07. The summed E-state index contributed by atoms with van der Waals surface area (Å²) in [6.07, 6.45) is 5.56. The second kappa shape index (κ2) is 13.6. The molecule has 1 aliphatic carbocycles. The number of alkyl halides is 1. The number of amides is 1. The van der Waals surface area contributed by atoms with Gasteiger partial charge in [-0.3, -0.25) is 0 Å². The number of alkyl carbamates (subject to hydrolysis) is 1. The van der Waals surface area contributed by atoms with Gasteiger partial charge >= 0.3 is 6.09 Å². The molecule has 10 heteroatoms. The maximum atomic E-state index is 11.6. The van der Waals surface area contributed by atoms with Gasteiger partial charge in [0, 0.05) is 12.6 Å². The van der Waals surface area contributed by atoms with Crippen molar-refractivity contribution in [1.82, 2.24) is 10.3 Å². The highest BCUT2D eigenvalue weighted by molar-refractivity contribution is 6.33. The van der Waals surface area contributed by atoms with Crippen molar-refractivity contribution in [2.45, 2.75) is 64.5 Å². The normalized spacial score (nSPS) is 14.8. The first kappa shape index (κ1) is 28.7. The lowest BCUT2D eigenvalue weighted by molar-refractivity contribution is 0.0526. The Balaban J connectivity index is 1.51. The van der Waals surface area contributed by atoms with Gasteiger partial charge in [-0.2, -0.15) is 5.26 Å². The van der Waals surface area contributed by atoms with Gasteiger partial charge in [-0.25, -0.2) is 9.78 Å². The topological polar surface area (TPSA) is 106 Å². The molecule has 0 fully saturated rings. The predicted octanol–water partition coefficient (Wildman–Crippen LogP) is 6.40. The first-order valence-electron chi connectivity index (χ1n) is 12.5. The Morgan fingerprint density at radius 3 is 2.73 bits per heavy atom. The number of nitrogens with one attached hydrogen (secondary N) is 2. The minimum absolute atomic E-state index is 0.00136. The van der Waals surface area contributed by atoms with Crippen molar-refractivity contribution in [1.29, 1.82) is 5.26 Å². The largest absolute Gasteiger partial charge is 0.489 e. The van der Waals surface area contributed by atoms with Gasteiger partial charge in [0.05, 0.1) is 41.0 Å². The number of unbranched alkanes of at least 4 members (excludes halogenated alkanes) is 1. The third kappa shape index (κ3) is 8.58. The first-order valence-corrected chi connectivity index (χ1v) is 13.4. The van der Waals surface area contributed by atoms with Crippen LogP contribution in [0.2, 0.25) is 5.02 Å². The number of hydrogen-bond acceptors (Lipinski definition) is 7. The fraction of sp³-hybridized carbons (Fsp3) is 0.519. The zero-order valence-corrected chi connectivity index (χ0v) is 23.0. The highest BCUT2D eigenvalue weighted by Crippen LogP contribution is 2.42. The van der Waals surface area contributed by atoms with Gasteiger partial charge in [0.1, 0.15) is 18.3 Å². The van der Waals surface area contributed by atoms with Crippen molar-refractivity contribution in [2.75, 3.05) is 31.0 Å². The number of hydrogen-bond donors (Lipinski definition) is 2. The Morgan fingerprint density at radius 2 is 2.05 bits per heavy atom. The van der Waals surface area contributed by atoms with Crippen molar-refractivity contribution < 1.29 is 19.0 Å². The van der Waals surface area contributed by atoms with Crippen LogP contribution in [0.4, 0.5) is 10.5 Å². The highest BCUT2D eigenvalue weighted by atomic mass is 35.5. The lowest BCUT2D eigenvalue weighted by atomic mass is 9.86. The van der Waals surface area contributed by atoms with Gasteiger partial charge in [-0.1, -0.05) is 11.6 Å². The summed E-state index contributed by atoms with van der Waals surface area (Å²) in [6, 6.07) is 7.81. The first-order chi connectivity index (χ1) is 17.7. The summed E-state index contributed by atoms with van der Waals surface area (Å²) in [5, 5.41) is 16.4. The van der Waals surface area contributed by atoms with E-state index in [1.54, 1.807) is 6.20 Å². The monoisotopic (exact) mass is 548 g/mol. The minimum Gasteiger partial charge on any atom is -0.489 e. The molecule has 1 aromatic heterocycles. The Kier molecular flexibility index (Phi) is 10.5. The summed E-state index contributed by atoms with van der Waals surface area (Å²) >= 11 is 12.4. The maximum Gasteiger partial charge on any atom is 0.407 e. The maximum absolute atomic E-state index is 11.6. The lowest BCUT2D eigenvalue weighted by Gasteiger charge is -2.29. The van der Waals surface area contributed by atoms with Crippen LogP contribution in [0.5, 0.6) is 11.6 Å². The van der Waals surface area contributed by atoms with E-state index in [2.05, 4.69) is 21.7 Å². The molecule has 1 atom stereocenters. The zero-order valence-electron chi connectivity index (χ0n) is 21.5. The SMILES string of the molecule is CC(C)(C)OC(=O)NCCCCOc1ccc(NC2CCCc3c2cc(C#N)c(OCCCl)c3Cl)cn1. The number of anilines is 1. The van der Waals surface area contributed by atoms with Crippen LogP contribution in [0.1, 0.15) is 69.2 Å². The van der Waals surface area contributed by atoms with Gasteiger partial charge in [-0.15, -0.1) is 11.6 Å². The number of benzene rings is 1. The Morgan fingerprint density at radius 1 is 1.24 bits per heavy atom. The van der Waals surface area contributed by atoms with Crippen molar-refractivity contribution in [3.05, 3.63) is 46.1 Å². The van der Waals surface area contributed by atoms with E-state index in [1.165, 1.54) is 0 Å². The molecule has 8 nitrogen and oxygen atoms in total. The van der Waals surface area contributed by atoms with E-state index < -0.39 is 11.7 Å². The van der Waals surface area contributed by atoms with Gasteiger partial charge in [0.25, 0.3) is 0 Å². The van der Waals surface area contributed by atoms with E-state index in [0.717, 1.165) is 48.9 Å². The molecule has 1 unspecified atom stereocenters. The van der Waals surface area contributed by atoms with Gasteiger partial charge in [0.15, 0.2) is 5.75 Å². The molecule has 0 bridgehead atoms. The lowest BCUT2D eigenvalue weighted by Crippen LogP contribution is -2.33. The van der Waals surface area contributed by atoms with E-state index in [9.17, 15) is 10.1 Å². The third-order valence-electron chi connectivity index (χ3n) is 5.66. The van der Waals surface area contributed by atoms with E-state index >= 15 is 0 Å². The standard InChI is InChI=1S/C27H34Cl2N4O4/c1-27(2,3)37-26(34)31-12-4-5-13-35-23-10-9-19(17-32-23)33-22-8-6-7-20-21(22)15-18(16-30)25(24(20)29)36-14-11-28/h9-10,15,17,22,33H,4-8,11-14H2,1-3H3,(H,31,34). The van der Waals surface area contributed by atoms with Gasteiger partial charge in [-0.05, 0) is 76.1 Å². The van der Waals surface area contributed by atoms with Gasteiger partial charge < -0.3 is 24.8 Å². The van der Waals surface area contributed by atoms with E-state index in [-0.39, 0.29) is 6.04 Å². The second-order valence-corrected chi connectivity index (χ2v) is 10.5. The summed E-state index contributed by atoms with van der Waals surface area (Å²) in [5.74, 6) is 1.26. The highest BCUT2D eigenvalue weighted by Gasteiger charge is 2.26. The van der Waals surface area contributed by atoms with Crippen LogP contribution in [0, 0.1) is 11.3 Å². The average molecular weight is 549 g/mol. The molecule has 1 aromatic carbocycles. The number of nitriles is 1. The van der Waals surface area contributed by atoms with Crippen LogP contribution >= 0.6 is 23.2 Å². The molecule has 0 radical (unpaired) electrons. The molecule has 1 aliphatic rings. The number of rotatable bonds is 11. The molecule has 37 heavy (non-hydrogen) atoms. The molecule has 0 spiro atoms. The molecule has 3 rings (SSSR count). The number of fused-ring (bicyclic) bond motifs is 1. The number of aromatic nitrogens is 1. The molecule has 0 saturated carbocycles. The third-order valence-corrected chi connectivity index (χ3v) is 6.22. The smallest absolute Gasteiger partial charge is 0.407 e. The molecule has 1 amide bonds. The van der Waals surface area contributed by atoms with Crippen LogP contribution in [-0.4, -0.2) is 42.3 Å². The van der Waals surface area contributed by atoms with Crippen LogP contribution < -0.4 is 20.1 Å². The number of halogens is 2. The van der Waals surface area contributed by atoms with E-state index in [1.807, 2.05) is 39.0 Å². The number of carbonyl (C=O) groups excluding carboxylic acids is 1. The average Bonchev–Trinajstić information content (AvgIpc) is 2.85. The zero-order chi connectivity index (χ0) is 26.8. The summed E-state index contributed by atoms with van der Waals surface area (Å²) in [4.78, 5) is 16.0. The van der Waals surface area contributed by atoms with Crippen molar-refractivity contribution in [3.63, 3.8) is 0 Å². The molecule has 2 aromatic rings. The number of ether oxygens (including phenoxy) is 3. The second-order valence-electron chi connectivity index (χ2n) is 9.74. The fourth-order valence-corrected chi connectivity index (χ4v) is 4.51. The molecule has 2 N–H and O–H groups in total. The van der Waals surface area contributed by atoms with E-state index in [0.29, 0.717) is 47.9 Å². The van der Waals surface area contributed by atoms with Crippen molar-refractivity contribution >= 4 is 35.0 Å². The van der Waals surface area contributed by atoms with Crippen molar-refractivity contribution in [3.8, 4) is 17.7 Å². The number of pyridine rings is 1. The number of nitrogens with zero attached hydrogens (tertiary/aromatic N) is 2. The summed E-state index contributed by atoms with van der Waals surface area (Å²) in [5.41, 5.74) is 2.76. The van der Waals surface area contributed by atoms with Crippen LogP contribution in [0.25, 0.3) is 0 Å². The molecular weight excluding hydrogens is 515 g/mol. The molecule has 200 valence electrons. The Bertz CT molecular complexity index is 1100. The predicted molar refractivity (Wildman–Crippen MR) is 145 cm³/mol. The molecule has 0 aliphatic heterocycles. The van der Waals surface area contributed by atoms with Gasteiger partial charge in [0.2, 0.25) is 5.88 Å². The summed E-state index contributed by atoms with van der Waals surface area (Å²) < 4.78 is 16.6. The van der Waals surface area contributed by atoms with Crippen LogP contribution in [0.3, 0.4) is 0 Å². The number of carbonyl (C=O) groups is 1. The summed E-state index contributed by atoms with van der Waals surface area (Å²) in [7, 11) is 0. The minimum atomic E-state index is -0.504. The molecular formula is C27H34Cl2N4O4. The van der Waals surface area contributed by atoms with Crippen LogP contribution in [0.15, 0.2) is 24.4 Å². The summed E-state index contributed by atoms with van der Waals surface area (Å²) in [6.45, 7) is 6.80. The van der Waals surface area contributed by atoms with Crippen molar-refractivity contribution in [2.24, 2.45) is 0 Å². The Labute approximate surface area is 228 Å².